The molecule has 0 saturated carbocycles. The van der Waals surface area contributed by atoms with Crippen molar-refractivity contribution < 1.29 is 4.79 Å². The summed E-state index contributed by atoms with van der Waals surface area (Å²) in [6.45, 7) is 12.3. The molecule has 0 amide bonds. The number of Topliss-reactive ketones (excluding diaryl/α,β-unsaturated/α-hetero) is 1. The summed E-state index contributed by atoms with van der Waals surface area (Å²) in [5.41, 5.74) is 4.52. The first kappa shape index (κ1) is 14.1. The molecule has 4 nitrogen and oxygen atoms in total. The van der Waals surface area contributed by atoms with Gasteiger partial charge in [-0.1, -0.05) is 20.8 Å². The molecule has 0 radical (unpaired) electrons. The molecule has 0 atom stereocenters. The molecule has 0 aromatic heterocycles. The number of hydrogen-bond donors (Lipinski definition) is 0. The van der Waals surface area contributed by atoms with E-state index in [0.717, 1.165) is 24.7 Å². The first-order chi connectivity index (χ1) is 9.79. The fraction of sp³-hybridized carbons (Fsp3) is 0.529. The molecule has 0 aliphatic carbocycles. The van der Waals surface area contributed by atoms with E-state index in [1.54, 1.807) is 0 Å². The van der Waals surface area contributed by atoms with Gasteiger partial charge in [0, 0.05) is 12.0 Å². The predicted molar refractivity (Wildman–Crippen MR) is 87.4 cm³/mol. The number of aryl methyl sites for hydroxylation is 2. The van der Waals surface area contributed by atoms with Crippen molar-refractivity contribution in [1.29, 1.82) is 0 Å². The Morgan fingerprint density at radius 2 is 1.81 bits per heavy atom. The lowest BCUT2D eigenvalue weighted by Crippen LogP contribution is -2.41. The van der Waals surface area contributed by atoms with Crippen LogP contribution in [0.2, 0.25) is 0 Å². The van der Waals surface area contributed by atoms with Crippen LogP contribution < -0.4 is 9.80 Å². The summed E-state index contributed by atoms with van der Waals surface area (Å²) in [4.78, 5) is 21.4. The van der Waals surface area contributed by atoms with E-state index in [9.17, 15) is 4.79 Å². The number of aliphatic imine (C=N–C) groups is 1. The van der Waals surface area contributed by atoms with Gasteiger partial charge in [0.1, 0.15) is 0 Å². The topological polar surface area (TPSA) is 35.9 Å². The third-order valence-electron chi connectivity index (χ3n) is 4.37. The second-order valence-corrected chi connectivity index (χ2v) is 7.02. The van der Waals surface area contributed by atoms with Crippen molar-refractivity contribution in [3.63, 3.8) is 0 Å². The minimum Gasteiger partial charge on any atom is -0.308 e. The van der Waals surface area contributed by atoms with Gasteiger partial charge < -0.3 is 9.80 Å². The number of anilines is 2. The van der Waals surface area contributed by atoms with E-state index in [1.807, 2.05) is 20.8 Å². The van der Waals surface area contributed by atoms with E-state index in [4.69, 9.17) is 0 Å². The van der Waals surface area contributed by atoms with Gasteiger partial charge in [-0.25, -0.2) is 0 Å². The van der Waals surface area contributed by atoms with Crippen LogP contribution in [0.5, 0.6) is 0 Å². The van der Waals surface area contributed by atoms with Crippen LogP contribution in [0.25, 0.3) is 0 Å². The number of carbonyl (C=O) groups is 1. The number of hydrogen-bond acceptors (Lipinski definition) is 4. The van der Waals surface area contributed by atoms with Crippen molar-refractivity contribution in [3.05, 3.63) is 23.3 Å². The van der Waals surface area contributed by atoms with Crippen molar-refractivity contribution in [2.24, 2.45) is 10.4 Å². The second kappa shape index (κ2) is 4.58. The van der Waals surface area contributed by atoms with Crippen LogP contribution in [0.4, 0.5) is 11.4 Å². The van der Waals surface area contributed by atoms with Gasteiger partial charge in [-0.05, 0) is 37.1 Å². The maximum absolute atomic E-state index is 12.5. The molecule has 0 N–H and O–H groups in total. The number of nitrogens with zero attached hydrogens (tertiary/aromatic N) is 3. The Morgan fingerprint density at radius 3 is 2.43 bits per heavy atom. The number of guanidine groups is 1. The Balaban J connectivity index is 2.02. The molecule has 1 aromatic rings. The van der Waals surface area contributed by atoms with Crippen molar-refractivity contribution in [3.8, 4) is 0 Å². The largest absolute Gasteiger partial charge is 0.308 e. The van der Waals surface area contributed by atoms with Gasteiger partial charge in [0.15, 0.2) is 5.78 Å². The molecule has 0 saturated heterocycles. The SMILES string of the molecule is Cc1cc2c(cc1C)N(CC(=O)C(C)(C)C)C1=NCCN12. The molecular formula is C17H23N3O. The zero-order chi connectivity index (χ0) is 15.4. The molecule has 21 heavy (non-hydrogen) atoms. The van der Waals surface area contributed by atoms with Crippen molar-refractivity contribution >= 4 is 23.1 Å². The Kier molecular flexibility index (Phi) is 3.08. The number of fused-ring (bicyclic) bond motifs is 3. The highest BCUT2D eigenvalue weighted by atomic mass is 16.1. The van der Waals surface area contributed by atoms with Gasteiger partial charge in [0.2, 0.25) is 5.96 Å². The Hall–Kier alpha value is -1.84. The molecule has 0 fully saturated rings. The fourth-order valence-corrected chi connectivity index (χ4v) is 2.76. The van der Waals surface area contributed by atoms with Gasteiger partial charge in [0.25, 0.3) is 0 Å². The third kappa shape index (κ3) is 2.23. The standard InChI is InChI=1S/C17H23N3O/c1-11-8-13-14(9-12(11)2)20(10-15(21)17(3,4)5)16-18-6-7-19(13)16/h8-9H,6-7,10H2,1-5H3. The van der Waals surface area contributed by atoms with E-state index < -0.39 is 0 Å². The smallest absolute Gasteiger partial charge is 0.206 e. The lowest BCUT2D eigenvalue weighted by atomic mass is 9.90. The van der Waals surface area contributed by atoms with Crippen LogP contribution in [-0.4, -0.2) is 31.4 Å². The highest BCUT2D eigenvalue weighted by molar-refractivity contribution is 6.19. The molecular weight excluding hydrogens is 262 g/mol. The second-order valence-electron chi connectivity index (χ2n) is 7.02. The average Bonchev–Trinajstić information content (AvgIpc) is 2.94. The lowest BCUT2D eigenvalue weighted by molar-refractivity contribution is -0.124. The molecule has 2 aliphatic heterocycles. The van der Waals surface area contributed by atoms with Gasteiger partial charge in [-0.15, -0.1) is 0 Å². The molecule has 0 bridgehead atoms. The molecule has 2 aliphatic rings. The van der Waals surface area contributed by atoms with Crippen LogP contribution in [0.1, 0.15) is 31.9 Å². The highest BCUT2D eigenvalue weighted by Gasteiger charge is 2.38. The molecule has 0 unspecified atom stereocenters. The van der Waals surface area contributed by atoms with Crippen LogP contribution in [0, 0.1) is 19.3 Å². The summed E-state index contributed by atoms with van der Waals surface area (Å²) in [6.07, 6.45) is 0. The Morgan fingerprint density at radius 1 is 1.19 bits per heavy atom. The third-order valence-corrected chi connectivity index (χ3v) is 4.37. The van der Waals surface area contributed by atoms with Gasteiger partial charge in [-0.2, -0.15) is 0 Å². The van der Waals surface area contributed by atoms with Crippen molar-refractivity contribution in [1.82, 2.24) is 0 Å². The summed E-state index contributed by atoms with van der Waals surface area (Å²) in [5, 5.41) is 0. The summed E-state index contributed by atoms with van der Waals surface area (Å²) in [7, 11) is 0. The number of rotatable bonds is 2. The number of carbonyl (C=O) groups excluding carboxylic acids is 1. The summed E-state index contributed by atoms with van der Waals surface area (Å²) >= 11 is 0. The van der Waals surface area contributed by atoms with E-state index in [2.05, 4.69) is 40.8 Å². The quantitative estimate of drug-likeness (QED) is 0.838. The molecule has 112 valence electrons. The normalized spacial score (nSPS) is 16.9. The van der Waals surface area contributed by atoms with Crippen LogP contribution in [-0.2, 0) is 4.79 Å². The van der Waals surface area contributed by atoms with Crippen LogP contribution >= 0.6 is 0 Å². The minimum atomic E-state index is -0.327. The minimum absolute atomic E-state index is 0.239. The molecule has 2 heterocycles. The van der Waals surface area contributed by atoms with E-state index in [-0.39, 0.29) is 11.2 Å². The first-order valence-electron chi connectivity index (χ1n) is 7.53. The summed E-state index contributed by atoms with van der Waals surface area (Å²) in [6, 6.07) is 4.40. The molecule has 0 spiro atoms. The zero-order valence-corrected chi connectivity index (χ0v) is 13.5. The maximum atomic E-state index is 12.5. The van der Waals surface area contributed by atoms with E-state index in [1.165, 1.54) is 16.8 Å². The van der Waals surface area contributed by atoms with E-state index in [0.29, 0.717) is 6.54 Å². The monoisotopic (exact) mass is 285 g/mol. The number of ketones is 1. The Labute approximate surface area is 126 Å². The maximum Gasteiger partial charge on any atom is 0.206 e. The fourth-order valence-electron chi connectivity index (χ4n) is 2.76. The zero-order valence-electron chi connectivity index (χ0n) is 13.5. The van der Waals surface area contributed by atoms with Gasteiger partial charge in [0.05, 0.1) is 24.5 Å². The lowest BCUT2D eigenvalue weighted by Gasteiger charge is -2.24. The van der Waals surface area contributed by atoms with Gasteiger partial charge in [-0.3, -0.25) is 9.79 Å². The van der Waals surface area contributed by atoms with Crippen molar-refractivity contribution in [2.45, 2.75) is 34.6 Å². The average molecular weight is 285 g/mol. The van der Waals surface area contributed by atoms with Crippen LogP contribution in [0.3, 0.4) is 0 Å². The summed E-state index contributed by atoms with van der Waals surface area (Å²) < 4.78 is 0. The van der Waals surface area contributed by atoms with Crippen molar-refractivity contribution in [2.75, 3.05) is 29.4 Å². The number of benzene rings is 1. The molecule has 1 aromatic carbocycles. The van der Waals surface area contributed by atoms with Gasteiger partial charge >= 0.3 is 0 Å². The predicted octanol–water partition coefficient (Wildman–Crippen LogP) is 2.91. The first-order valence-corrected chi connectivity index (χ1v) is 7.53. The Bertz CT molecular complexity index is 640. The molecule has 3 rings (SSSR count). The summed E-state index contributed by atoms with van der Waals surface area (Å²) in [5.74, 6) is 1.18. The van der Waals surface area contributed by atoms with Crippen LogP contribution in [0.15, 0.2) is 17.1 Å². The highest BCUT2D eigenvalue weighted by Crippen LogP contribution is 2.40. The molecule has 4 heteroatoms. The van der Waals surface area contributed by atoms with E-state index >= 15 is 0 Å².